The molecule has 0 amide bonds. The van der Waals surface area contributed by atoms with Gasteiger partial charge in [0.2, 0.25) is 0 Å². The Balaban J connectivity index is -0.0000000721. The first kappa shape index (κ1) is 34.7. The molecule has 25 heavy (non-hydrogen) atoms. The van der Waals surface area contributed by atoms with Crippen LogP contribution in [0.25, 0.3) is 0 Å². The quantitative estimate of drug-likeness (QED) is 0.649. The van der Waals surface area contributed by atoms with Crippen LogP contribution in [0.5, 0.6) is 0 Å². The minimum absolute atomic E-state index is 0.250. The number of carbonyl (C=O) groups excluding carboxylic acids is 5. The molecule has 0 saturated heterocycles. The number of unbranched alkanes of at least 4 members (excludes halogenated alkanes) is 3. The lowest BCUT2D eigenvalue weighted by Gasteiger charge is -2.05. The zero-order valence-electron chi connectivity index (χ0n) is 17.1. The van der Waals surface area contributed by atoms with E-state index in [-0.39, 0.29) is 18.1 Å². The highest BCUT2D eigenvalue weighted by Crippen LogP contribution is 2.11. The number of ketones is 1. The Morgan fingerprint density at radius 3 is 1.40 bits per heavy atom. The lowest BCUT2D eigenvalue weighted by atomic mass is 10.0. The van der Waals surface area contributed by atoms with Crippen LogP contribution < -0.4 is 5.73 Å². The summed E-state index contributed by atoms with van der Waals surface area (Å²) in [5, 5.41) is 0. The molecule has 0 spiro atoms. The van der Waals surface area contributed by atoms with Crippen molar-refractivity contribution < 1.29 is 24.0 Å². The first-order valence-electron chi connectivity index (χ1n) is 9.00. The van der Waals surface area contributed by atoms with Crippen LogP contribution in [0.3, 0.4) is 0 Å². The maximum Gasteiger partial charge on any atom is 0.373 e. The topological polar surface area (TPSA) is 111 Å². The third kappa shape index (κ3) is 106. The van der Waals surface area contributed by atoms with Crippen molar-refractivity contribution in [3.63, 3.8) is 0 Å². The molecule has 0 aliphatic heterocycles. The molecule has 0 fully saturated rings. The molecule has 0 aromatic carbocycles. The molecule has 0 aromatic rings. The molecule has 0 heterocycles. The maximum absolute atomic E-state index is 9.81. The summed E-state index contributed by atoms with van der Waals surface area (Å²) in [5.74, 6) is 1.21. The van der Waals surface area contributed by atoms with Gasteiger partial charge in [0.05, 0.1) is 0 Å². The number of hydrogen-bond donors (Lipinski definition) is 1. The number of rotatable bonds is 8. The fraction of sp³-hybridized carbons (Fsp3) is 0.842. The summed E-state index contributed by atoms with van der Waals surface area (Å²) in [6.45, 7) is 13.3. The molecule has 0 aliphatic rings. The molecule has 0 aromatic heterocycles. The predicted molar refractivity (Wildman–Crippen MR) is 98.5 cm³/mol. The van der Waals surface area contributed by atoms with Crippen molar-refractivity contribution in [2.45, 2.75) is 92.9 Å². The lowest BCUT2D eigenvalue weighted by Crippen LogP contribution is -1.95. The fourth-order valence-electron chi connectivity index (χ4n) is 1.15. The highest BCUT2D eigenvalue weighted by Gasteiger charge is 1.95. The summed E-state index contributed by atoms with van der Waals surface area (Å²) in [7, 11) is 0. The second kappa shape index (κ2) is 43.3. The average molecular weight is 362 g/mol. The van der Waals surface area contributed by atoms with Gasteiger partial charge < -0.3 is 10.5 Å². The minimum Gasteiger partial charge on any atom is -0.330 e. The Labute approximate surface area is 153 Å². The molecule has 0 bridgehead atoms. The van der Waals surface area contributed by atoms with E-state index in [0.29, 0.717) is 6.42 Å². The second-order valence-corrected chi connectivity index (χ2v) is 5.37. The normalized spacial score (nSPS) is 8.76. The van der Waals surface area contributed by atoms with Gasteiger partial charge in [0.1, 0.15) is 5.78 Å². The molecule has 1 unspecified atom stereocenters. The molecule has 1 atom stereocenters. The van der Waals surface area contributed by atoms with Gasteiger partial charge in [0, 0.05) is 6.42 Å². The highest BCUT2D eigenvalue weighted by atomic mass is 16.2. The van der Waals surface area contributed by atoms with Crippen LogP contribution in [0.4, 0.5) is 0 Å². The van der Waals surface area contributed by atoms with Crippen molar-refractivity contribution >= 4 is 18.1 Å². The van der Waals surface area contributed by atoms with Crippen LogP contribution in [0, 0.1) is 5.92 Å². The van der Waals surface area contributed by atoms with Gasteiger partial charge >= 0.3 is 12.3 Å². The number of hydrogen-bond acceptors (Lipinski definition) is 6. The zero-order valence-corrected chi connectivity index (χ0v) is 17.1. The van der Waals surface area contributed by atoms with E-state index in [9.17, 15) is 4.79 Å². The van der Waals surface area contributed by atoms with E-state index in [4.69, 9.17) is 24.9 Å². The van der Waals surface area contributed by atoms with E-state index < -0.39 is 0 Å². The van der Waals surface area contributed by atoms with Crippen molar-refractivity contribution in [2.75, 3.05) is 6.54 Å². The SMILES string of the molecule is CCC(C)=O.CCCCCC(C)CC.CCCCN.O=C=O.O=C=O. The van der Waals surface area contributed by atoms with E-state index in [2.05, 4.69) is 27.7 Å². The number of carbonyl (C=O) groups is 1. The van der Waals surface area contributed by atoms with Crippen LogP contribution in [-0.2, 0) is 24.0 Å². The minimum atomic E-state index is 0.250. The maximum atomic E-state index is 9.81. The smallest absolute Gasteiger partial charge is 0.330 e. The van der Waals surface area contributed by atoms with Gasteiger partial charge in [-0.25, -0.2) is 0 Å². The standard InChI is InChI=1S/C9H20.C4H11N.C4H8O.2CO2/c1-4-6-7-8-9(3)5-2;1-2-3-4-5;1-3-4(2)5;2*2-1-3/h9H,4-8H2,1-3H3;2-5H2,1H3;3H2,1-2H3;;. The Bertz CT molecular complexity index is 280. The number of Topliss-reactive ketones (excluding diaryl/α,β-unsaturated/α-hetero) is 1. The van der Waals surface area contributed by atoms with Crippen LogP contribution >= 0.6 is 0 Å². The largest absolute Gasteiger partial charge is 0.373 e. The van der Waals surface area contributed by atoms with Crippen LogP contribution in [-0.4, -0.2) is 24.6 Å². The Kier molecular flexibility index (Phi) is 60.0. The van der Waals surface area contributed by atoms with E-state index in [1.807, 2.05) is 6.92 Å². The van der Waals surface area contributed by atoms with Gasteiger partial charge in [-0.1, -0.05) is 73.1 Å². The van der Waals surface area contributed by atoms with Gasteiger partial charge in [0.25, 0.3) is 0 Å². The fourth-order valence-corrected chi connectivity index (χ4v) is 1.15. The van der Waals surface area contributed by atoms with Crippen LogP contribution in [0.2, 0.25) is 0 Å². The Hall–Kier alpha value is -1.61. The summed E-state index contributed by atoms with van der Waals surface area (Å²) in [4.78, 5) is 42.3. The van der Waals surface area contributed by atoms with Crippen molar-refractivity contribution in [3.05, 3.63) is 0 Å². The van der Waals surface area contributed by atoms with Gasteiger partial charge in [0.15, 0.2) is 0 Å². The molecule has 2 N–H and O–H groups in total. The molecule has 0 saturated carbocycles. The zero-order chi connectivity index (χ0) is 20.9. The van der Waals surface area contributed by atoms with Crippen molar-refractivity contribution in [1.82, 2.24) is 0 Å². The Morgan fingerprint density at radius 1 is 0.880 bits per heavy atom. The molecule has 0 rings (SSSR count). The molecule has 6 nitrogen and oxygen atoms in total. The first-order chi connectivity index (χ1) is 11.8. The van der Waals surface area contributed by atoms with E-state index in [1.54, 1.807) is 6.92 Å². The highest BCUT2D eigenvalue weighted by molar-refractivity contribution is 5.74. The average Bonchev–Trinajstić information content (AvgIpc) is 2.58. The van der Waals surface area contributed by atoms with Crippen molar-refractivity contribution in [3.8, 4) is 0 Å². The monoisotopic (exact) mass is 361 g/mol. The molecule has 0 aliphatic carbocycles. The van der Waals surface area contributed by atoms with Gasteiger partial charge in [-0.3, -0.25) is 0 Å². The molecule has 0 radical (unpaired) electrons. The van der Waals surface area contributed by atoms with Crippen molar-refractivity contribution in [1.29, 1.82) is 0 Å². The van der Waals surface area contributed by atoms with Gasteiger partial charge in [-0.15, -0.1) is 0 Å². The van der Waals surface area contributed by atoms with E-state index >= 15 is 0 Å². The predicted octanol–water partition coefficient (Wildman–Crippen LogP) is 4.18. The van der Waals surface area contributed by atoms with E-state index in [1.165, 1.54) is 44.9 Å². The van der Waals surface area contributed by atoms with Crippen LogP contribution in [0.15, 0.2) is 0 Å². The Morgan fingerprint density at radius 2 is 1.24 bits per heavy atom. The van der Waals surface area contributed by atoms with Crippen LogP contribution in [0.1, 0.15) is 92.9 Å². The van der Waals surface area contributed by atoms with E-state index in [0.717, 1.165) is 12.5 Å². The number of nitrogens with two attached hydrogens (primary N) is 1. The molecule has 150 valence electrons. The van der Waals surface area contributed by atoms with Crippen molar-refractivity contribution in [2.24, 2.45) is 11.7 Å². The summed E-state index contributed by atoms with van der Waals surface area (Å²) < 4.78 is 0. The summed E-state index contributed by atoms with van der Waals surface area (Å²) in [6.07, 6.45) is 10.6. The second-order valence-electron chi connectivity index (χ2n) is 5.37. The third-order valence-electron chi connectivity index (χ3n) is 3.05. The molecule has 6 heteroatoms. The van der Waals surface area contributed by atoms with Gasteiger partial charge in [-0.05, 0) is 25.8 Å². The summed E-state index contributed by atoms with van der Waals surface area (Å²) >= 11 is 0. The first-order valence-corrected chi connectivity index (χ1v) is 9.00. The molecular formula is C19H39NO5. The lowest BCUT2D eigenvalue weighted by molar-refractivity contribution is -0.193. The molecular weight excluding hydrogens is 322 g/mol. The summed E-state index contributed by atoms with van der Waals surface area (Å²) in [6, 6.07) is 0. The van der Waals surface area contributed by atoms with Gasteiger partial charge in [-0.2, -0.15) is 19.2 Å². The third-order valence-corrected chi connectivity index (χ3v) is 3.05. The summed E-state index contributed by atoms with van der Waals surface area (Å²) in [5.41, 5.74) is 5.14.